The van der Waals surface area contributed by atoms with Gasteiger partial charge in [0.05, 0.1) is 12.7 Å². The lowest BCUT2D eigenvalue weighted by atomic mass is 10.2. The van der Waals surface area contributed by atoms with Gasteiger partial charge in [0.1, 0.15) is 0 Å². The Bertz CT molecular complexity index is 182. The van der Waals surface area contributed by atoms with Crippen LogP contribution < -0.4 is 0 Å². The molecule has 1 aliphatic heterocycles. The van der Waals surface area contributed by atoms with Crippen molar-refractivity contribution in [2.45, 2.75) is 25.9 Å². The first-order chi connectivity index (χ1) is 8.30. The SMILES string of the molecule is CCCCN1CCN(CC(COC)OC)CC1. The van der Waals surface area contributed by atoms with Gasteiger partial charge in [0.15, 0.2) is 0 Å². The number of hydrogen-bond acceptors (Lipinski definition) is 4. The monoisotopic (exact) mass is 244 g/mol. The van der Waals surface area contributed by atoms with Gasteiger partial charge in [0.25, 0.3) is 0 Å². The van der Waals surface area contributed by atoms with Crippen molar-refractivity contribution in [3.05, 3.63) is 0 Å². The quantitative estimate of drug-likeness (QED) is 0.637. The average molecular weight is 244 g/mol. The Morgan fingerprint density at radius 1 is 1.06 bits per heavy atom. The van der Waals surface area contributed by atoms with E-state index < -0.39 is 0 Å². The van der Waals surface area contributed by atoms with Gasteiger partial charge in [-0.25, -0.2) is 0 Å². The van der Waals surface area contributed by atoms with E-state index in [4.69, 9.17) is 9.47 Å². The summed E-state index contributed by atoms with van der Waals surface area (Å²) in [5.74, 6) is 0. The Morgan fingerprint density at radius 3 is 2.24 bits per heavy atom. The third-order valence-corrected chi connectivity index (χ3v) is 3.44. The van der Waals surface area contributed by atoms with Crippen molar-refractivity contribution in [2.24, 2.45) is 0 Å². The minimum atomic E-state index is 0.210. The molecule has 1 unspecified atom stereocenters. The Labute approximate surface area is 106 Å². The van der Waals surface area contributed by atoms with Gasteiger partial charge in [-0.3, -0.25) is 4.90 Å². The van der Waals surface area contributed by atoms with E-state index in [9.17, 15) is 0 Å². The number of piperazine rings is 1. The highest BCUT2D eigenvalue weighted by atomic mass is 16.5. The number of rotatable bonds is 8. The van der Waals surface area contributed by atoms with Crippen LogP contribution in [0, 0.1) is 0 Å². The molecule has 1 fully saturated rings. The average Bonchev–Trinajstić information content (AvgIpc) is 2.37. The van der Waals surface area contributed by atoms with Crippen LogP contribution in [0.25, 0.3) is 0 Å². The third kappa shape index (κ3) is 5.82. The summed E-state index contributed by atoms with van der Waals surface area (Å²) in [5.41, 5.74) is 0. The summed E-state index contributed by atoms with van der Waals surface area (Å²) in [6.45, 7) is 9.91. The molecule has 17 heavy (non-hydrogen) atoms. The Morgan fingerprint density at radius 2 is 1.71 bits per heavy atom. The van der Waals surface area contributed by atoms with Crippen LogP contribution in [0.5, 0.6) is 0 Å². The number of ether oxygens (including phenoxy) is 2. The first kappa shape index (κ1) is 14.9. The van der Waals surface area contributed by atoms with E-state index in [1.54, 1.807) is 14.2 Å². The van der Waals surface area contributed by atoms with Gasteiger partial charge >= 0.3 is 0 Å². The fourth-order valence-electron chi connectivity index (χ4n) is 2.25. The molecule has 1 saturated heterocycles. The van der Waals surface area contributed by atoms with E-state index in [1.165, 1.54) is 32.5 Å². The molecule has 1 rings (SSSR count). The number of nitrogens with zero attached hydrogens (tertiary/aromatic N) is 2. The van der Waals surface area contributed by atoms with Gasteiger partial charge in [-0.2, -0.15) is 0 Å². The van der Waals surface area contributed by atoms with Gasteiger partial charge in [-0.15, -0.1) is 0 Å². The second-order valence-corrected chi connectivity index (χ2v) is 4.81. The van der Waals surface area contributed by atoms with Crippen LogP contribution >= 0.6 is 0 Å². The molecule has 0 aromatic rings. The fourth-order valence-corrected chi connectivity index (χ4v) is 2.25. The van der Waals surface area contributed by atoms with Gasteiger partial charge in [-0.05, 0) is 13.0 Å². The third-order valence-electron chi connectivity index (χ3n) is 3.44. The predicted octanol–water partition coefficient (Wildman–Crippen LogP) is 1.07. The van der Waals surface area contributed by atoms with Crippen molar-refractivity contribution >= 4 is 0 Å². The van der Waals surface area contributed by atoms with Crippen molar-refractivity contribution in [3.8, 4) is 0 Å². The minimum Gasteiger partial charge on any atom is -0.382 e. The predicted molar refractivity (Wildman–Crippen MR) is 70.5 cm³/mol. The summed E-state index contributed by atoms with van der Waals surface area (Å²) in [4.78, 5) is 5.05. The molecule has 0 aromatic heterocycles. The summed E-state index contributed by atoms with van der Waals surface area (Å²) in [5, 5.41) is 0. The van der Waals surface area contributed by atoms with E-state index in [0.717, 1.165) is 19.6 Å². The first-order valence-electron chi connectivity index (χ1n) is 6.76. The normalized spacial score (nSPS) is 20.6. The summed E-state index contributed by atoms with van der Waals surface area (Å²) in [7, 11) is 3.50. The number of unbranched alkanes of at least 4 members (excludes halogenated alkanes) is 1. The molecule has 4 nitrogen and oxygen atoms in total. The lowest BCUT2D eigenvalue weighted by Gasteiger charge is -2.36. The van der Waals surface area contributed by atoms with Crippen LogP contribution in [0.15, 0.2) is 0 Å². The molecule has 1 heterocycles. The van der Waals surface area contributed by atoms with E-state index >= 15 is 0 Å². The Balaban J connectivity index is 2.17. The molecular weight excluding hydrogens is 216 g/mol. The van der Waals surface area contributed by atoms with Crippen LogP contribution in [0.4, 0.5) is 0 Å². The van der Waals surface area contributed by atoms with Gasteiger partial charge in [-0.1, -0.05) is 13.3 Å². The molecule has 1 atom stereocenters. The van der Waals surface area contributed by atoms with Crippen LogP contribution in [0.2, 0.25) is 0 Å². The zero-order chi connectivity index (χ0) is 12.5. The lowest BCUT2D eigenvalue weighted by molar-refractivity contribution is -0.00334. The zero-order valence-corrected chi connectivity index (χ0v) is 11.7. The van der Waals surface area contributed by atoms with E-state index in [0.29, 0.717) is 6.61 Å². The zero-order valence-electron chi connectivity index (χ0n) is 11.7. The second kappa shape index (κ2) is 8.86. The second-order valence-electron chi connectivity index (χ2n) is 4.81. The van der Waals surface area contributed by atoms with Gasteiger partial charge < -0.3 is 14.4 Å². The minimum absolute atomic E-state index is 0.210. The van der Waals surface area contributed by atoms with E-state index in [1.807, 2.05) is 0 Å². The van der Waals surface area contributed by atoms with Crippen molar-refractivity contribution in [2.75, 3.05) is 60.1 Å². The molecule has 0 bridgehead atoms. The highest BCUT2D eigenvalue weighted by molar-refractivity contribution is 4.74. The maximum absolute atomic E-state index is 5.40. The number of methoxy groups -OCH3 is 2. The molecule has 0 radical (unpaired) electrons. The highest BCUT2D eigenvalue weighted by Crippen LogP contribution is 2.05. The largest absolute Gasteiger partial charge is 0.382 e. The lowest BCUT2D eigenvalue weighted by Crippen LogP contribution is -2.49. The summed E-state index contributed by atoms with van der Waals surface area (Å²) in [6, 6.07) is 0. The molecule has 4 heteroatoms. The summed E-state index contributed by atoms with van der Waals surface area (Å²) >= 11 is 0. The highest BCUT2D eigenvalue weighted by Gasteiger charge is 2.19. The molecule has 0 spiro atoms. The van der Waals surface area contributed by atoms with Crippen LogP contribution in [-0.4, -0.2) is 76.0 Å². The van der Waals surface area contributed by atoms with Gasteiger partial charge in [0, 0.05) is 46.9 Å². The number of hydrogen-bond donors (Lipinski definition) is 0. The van der Waals surface area contributed by atoms with Crippen LogP contribution in [0.1, 0.15) is 19.8 Å². The fraction of sp³-hybridized carbons (Fsp3) is 1.00. The molecule has 1 aliphatic rings. The van der Waals surface area contributed by atoms with Crippen molar-refractivity contribution in [3.63, 3.8) is 0 Å². The Hall–Kier alpha value is -0.160. The standard InChI is InChI=1S/C13H28N2O2/c1-4-5-6-14-7-9-15(10-8-14)11-13(17-3)12-16-2/h13H,4-12H2,1-3H3. The van der Waals surface area contributed by atoms with Crippen LogP contribution in [-0.2, 0) is 9.47 Å². The summed E-state index contributed by atoms with van der Waals surface area (Å²) < 4.78 is 10.6. The molecule has 0 amide bonds. The summed E-state index contributed by atoms with van der Waals surface area (Å²) in [6.07, 6.45) is 2.83. The molecule has 0 saturated carbocycles. The van der Waals surface area contributed by atoms with Crippen molar-refractivity contribution < 1.29 is 9.47 Å². The maximum Gasteiger partial charge on any atom is 0.0931 e. The molecule has 0 aromatic carbocycles. The molecule has 102 valence electrons. The first-order valence-corrected chi connectivity index (χ1v) is 6.76. The smallest absolute Gasteiger partial charge is 0.0931 e. The maximum atomic E-state index is 5.40. The topological polar surface area (TPSA) is 24.9 Å². The van der Waals surface area contributed by atoms with E-state index in [-0.39, 0.29) is 6.10 Å². The van der Waals surface area contributed by atoms with Crippen molar-refractivity contribution in [1.29, 1.82) is 0 Å². The molecule has 0 N–H and O–H groups in total. The molecule has 0 aliphatic carbocycles. The molecular formula is C13H28N2O2. The van der Waals surface area contributed by atoms with Gasteiger partial charge in [0.2, 0.25) is 0 Å². The Kier molecular flexibility index (Phi) is 7.77. The van der Waals surface area contributed by atoms with Crippen LogP contribution in [0.3, 0.4) is 0 Å². The van der Waals surface area contributed by atoms with Crippen molar-refractivity contribution in [1.82, 2.24) is 9.80 Å². The van der Waals surface area contributed by atoms with E-state index in [2.05, 4.69) is 16.7 Å².